The van der Waals surface area contributed by atoms with Gasteiger partial charge >= 0.3 is 0 Å². The van der Waals surface area contributed by atoms with Crippen LogP contribution in [0, 0.1) is 5.92 Å². The second kappa shape index (κ2) is 8.20. The molecule has 1 aromatic heterocycles. The highest BCUT2D eigenvalue weighted by Gasteiger charge is 2.25. The summed E-state index contributed by atoms with van der Waals surface area (Å²) < 4.78 is 1.09. The number of nitrogens with zero attached hydrogens (tertiary/aromatic N) is 3. The number of anilines is 1. The Morgan fingerprint density at radius 3 is 2.70 bits per heavy atom. The van der Waals surface area contributed by atoms with Gasteiger partial charge in [-0.3, -0.25) is 0 Å². The second-order valence-electron chi connectivity index (χ2n) is 5.66. The zero-order chi connectivity index (χ0) is 14.4. The topological polar surface area (TPSA) is 41.1 Å². The fourth-order valence-electron chi connectivity index (χ4n) is 2.65. The molecule has 0 aliphatic heterocycles. The van der Waals surface area contributed by atoms with Crippen molar-refractivity contribution in [1.29, 1.82) is 0 Å². The fourth-order valence-corrected chi connectivity index (χ4v) is 4.63. The van der Waals surface area contributed by atoms with Crippen LogP contribution >= 0.6 is 23.1 Å². The number of nitrogens with one attached hydrogen (secondary N) is 1. The van der Waals surface area contributed by atoms with Gasteiger partial charge in [-0.25, -0.2) is 0 Å². The van der Waals surface area contributed by atoms with Crippen molar-refractivity contribution in [3.63, 3.8) is 0 Å². The van der Waals surface area contributed by atoms with E-state index in [1.807, 2.05) is 30.8 Å². The Balaban J connectivity index is 1.86. The lowest BCUT2D eigenvalue weighted by Gasteiger charge is -2.23. The predicted molar refractivity (Wildman–Crippen MR) is 89.0 cm³/mol. The van der Waals surface area contributed by atoms with Crippen molar-refractivity contribution in [2.45, 2.75) is 49.4 Å². The minimum atomic E-state index is 0.633. The highest BCUT2D eigenvalue weighted by atomic mass is 32.2. The number of rotatable bonds is 8. The third-order valence-corrected chi connectivity index (χ3v) is 6.13. The SMILES string of the molecule is CCCNC(CSc1nnc(N(C)C)s1)C1CCCC1. The molecule has 1 fully saturated rings. The Hall–Kier alpha value is -0.330. The lowest BCUT2D eigenvalue weighted by molar-refractivity contribution is 0.388. The molecule has 114 valence electrons. The van der Waals surface area contributed by atoms with Gasteiger partial charge in [0.25, 0.3) is 0 Å². The Labute approximate surface area is 130 Å². The van der Waals surface area contributed by atoms with Crippen molar-refractivity contribution in [2.24, 2.45) is 5.92 Å². The average molecular weight is 315 g/mol. The van der Waals surface area contributed by atoms with Gasteiger partial charge in [-0.15, -0.1) is 10.2 Å². The quantitative estimate of drug-likeness (QED) is 0.746. The van der Waals surface area contributed by atoms with Crippen LogP contribution in [0.15, 0.2) is 4.34 Å². The van der Waals surface area contributed by atoms with E-state index in [0.717, 1.165) is 27.7 Å². The van der Waals surface area contributed by atoms with Crippen LogP contribution in [0.25, 0.3) is 0 Å². The van der Waals surface area contributed by atoms with Gasteiger partial charge in [-0.05, 0) is 31.7 Å². The van der Waals surface area contributed by atoms with Gasteiger partial charge in [0.15, 0.2) is 4.34 Å². The van der Waals surface area contributed by atoms with E-state index in [1.54, 1.807) is 11.3 Å². The van der Waals surface area contributed by atoms with Gasteiger partial charge in [0.2, 0.25) is 5.13 Å². The third kappa shape index (κ3) is 4.60. The zero-order valence-corrected chi connectivity index (χ0v) is 14.4. The van der Waals surface area contributed by atoms with E-state index in [-0.39, 0.29) is 0 Å². The molecule has 1 heterocycles. The van der Waals surface area contributed by atoms with E-state index < -0.39 is 0 Å². The summed E-state index contributed by atoms with van der Waals surface area (Å²) in [6.45, 7) is 3.36. The van der Waals surface area contributed by atoms with Gasteiger partial charge < -0.3 is 10.2 Å². The minimum absolute atomic E-state index is 0.633. The van der Waals surface area contributed by atoms with Gasteiger partial charge in [0, 0.05) is 25.9 Å². The first kappa shape index (κ1) is 16.0. The molecular weight excluding hydrogens is 288 g/mol. The predicted octanol–water partition coefficient (Wildman–Crippen LogP) is 3.25. The third-order valence-electron chi connectivity index (χ3n) is 3.79. The molecule has 2 rings (SSSR count). The van der Waals surface area contributed by atoms with E-state index in [4.69, 9.17) is 0 Å². The second-order valence-corrected chi connectivity index (χ2v) is 7.88. The minimum Gasteiger partial charge on any atom is -0.353 e. The van der Waals surface area contributed by atoms with E-state index in [9.17, 15) is 0 Å². The molecule has 0 aromatic carbocycles. The largest absolute Gasteiger partial charge is 0.353 e. The van der Waals surface area contributed by atoms with E-state index in [1.165, 1.54) is 32.1 Å². The van der Waals surface area contributed by atoms with Crippen LogP contribution < -0.4 is 10.2 Å². The maximum atomic E-state index is 4.28. The van der Waals surface area contributed by atoms with Crippen molar-refractivity contribution in [2.75, 3.05) is 31.3 Å². The summed E-state index contributed by atoms with van der Waals surface area (Å²) in [5.74, 6) is 1.97. The molecule has 1 aliphatic carbocycles. The van der Waals surface area contributed by atoms with Gasteiger partial charge in [-0.2, -0.15) is 0 Å². The van der Waals surface area contributed by atoms with Crippen LogP contribution in [0.3, 0.4) is 0 Å². The lowest BCUT2D eigenvalue weighted by atomic mass is 10.00. The molecule has 4 nitrogen and oxygen atoms in total. The molecule has 0 bridgehead atoms. The molecule has 0 amide bonds. The maximum absolute atomic E-state index is 4.28. The first-order valence-electron chi connectivity index (χ1n) is 7.57. The van der Waals surface area contributed by atoms with Crippen LogP contribution in [-0.2, 0) is 0 Å². The Kier molecular flexibility index (Phi) is 6.58. The molecule has 0 spiro atoms. The molecule has 0 saturated heterocycles. The van der Waals surface area contributed by atoms with E-state index in [2.05, 4.69) is 22.4 Å². The van der Waals surface area contributed by atoms with Gasteiger partial charge in [0.05, 0.1) is 0 Å². The molecule has 1 aliphatic rings. The molecule has 1 N–H and O–H groups in total. The lowest BCUT2D eigenvalue weighted by Crippen LogP contribution is -2.37. The number of aromatic nitrogens is 2. The number of hydrogen-bond donors (Lipinski definition) is 1. The Morgan fingerprint density at radius 2 is 2.10 bits per heavy atom. The summed E-state index contributed by atoms with van der Waals surface area (Å²) in [7, 11) is 4.03. The average Bonchev–Trinajstić information content (AvgIpc) is 3.10. The van der Waals surface area contributed by atoms with Crippen LogP contribution in [0.4, 0.5) is 5.13 Å². The van der Waals surface area contributed by atoms with Crippen molar-refractivity contribution >= 4 is 28.2 Å². The normalized spacial score (nSPS) is 17.6. The first-order valence-corrected chi connectivity index (χ1v) is 9.38. The molecule has 6 heteroatoms. The van der Waals surface area contributed by atoms with Crippen LogP contribution in [0.1, 0.15) is 39.0 Å². The molecule has 1 aromatic rings. The van der Waals surface area contributed by atoms with Crippen molar-refractivity contribution in [1.82, 2.24) is 15.5 Å². The van der Waals surface area contributed by atoms with Crippen LogP contribution in [-0.4, -0.2) is 42.6 Å². The van der Waals surface area contributed by atoms with Gasteiger partial charge in [0.1, 0.15) is 0 Å². The molecule has 1 saturated carbocycles. The standard InChI is InChI=1S/C14H26N4S2/c1-4-9-15-12(11-7-5-6-8-11)10-19-14-17-16-13(20-14)18(2)3/h11-12,15H,4-10H2,1-3H3. The van der Waals surface area contributed by atoms with Gasteiger partial charge in [-0.1, -0.05) is 42.9 Å². The highest BCUT2D eigenvalue weighted by Crippen LogP contribution is 2.32. The molecular formula is C14H26N4S2. The van der Waals surface area contributed by atoms with Crippen molar-refractivity contribution < 1.29 is 0 Å². The Morgan fingerprint density at radius 1 is 1.35 bits per heavy atom. The molecule has 1 unspecified atom stereocenters. The molecule has 1 atom stereocenters. The van der Waals surface area contributed by atoms with Crippen LogP contribution in [0.2, 0.25) is 0 Å². The zero-order valence-electron chi connectivity index (χ0n) is 12.8. The summed E-state index contributed by atoms with van der Waals surface area (Å²) in [6, 6.07) is 0.633. The first-order chi connectivity index (χ1) is 9.70. The Bertz CT molecular complexity index is 388. The maximum Gasteiger partial charge on any atom is 0.208 e. The fraction of sp³-hybridized carbons (Fsp3) is 0.857. The summed E-state index contributed by atoms with van der Waals surface area (Å²) in [5.41, 5.74) is 0. The highest BCUT2D eigenvalue weighted by molar-refractivity contribution is 8.01. The van der Waals surface area contributed by atoms with Crippen molar-refractivity contribution in [3.05, 3.63) is 0 Å². The summed E-state index contributed by atoms with van der Waals surface area (Å²) in [4.78, 5) is 2.02. The molecule has 20 heavy (non-hydrogen) atoms. The summed E-state index contributed by atoms with van der Waals surface area (Å²) >= 11 is 3.55. The summed E-state index contributed by atoms with van der Waals surface area (Å²) in [5, 5.41) is 13.2. The number of thioether (sulfide) groups is 1. The van der Waals surface area contributed by atoms with E-state index >= 15 is 0 Å². The van der Waals surface area contributed by atoms with E-state index in [0.29, 0.717) is 6.04 Å². The monoisotopic (exact) mass is 314 g/mol. The smallest absolute Gasteiger partial charge is 0.208 e. The van der Waals surface area contributed by atoms with Crippen LogP contribution in [0.5, 0.6) is 0 Å². The summed E-state index contributed by atoms with van der Waals surface area (Å²) in [6.07, 6.45) is 6.80. The van der Waals surface area contributed by atoms with Crippen molar-refractivity contribution in [3.8, 4) is 0 Å². The number of hydrogen-bond acceptors (Lipinski definition) is 6. The molecule has 0 radical (unpaired) electrons.